The molecular formula is C15H15N3OS. The van der Waals surface area contributed by atoms with E-state index in [0.717, 1.165) is 16.7 Å². The monoisotopic (exact) mass is 285 g/mol. The quantitative estimate of drug-likeness (QED) is 0.843. The van der Waals surface area contributed by atoms with Gasteiger partial charge < -0.3 is 11.1 Å². The first-order valence-electron chi connectivity index (χ1n) is 6.16. The molecule has 0 aliphatic carbocycles. The van der Waals surface area contributed by atoms with Crippen LogP contribution in [-0.4, -0.2) is 17.4 Å². The van der Waals surface area contributed by atoms with E-state index in [4.69, 9.17) is 5.73 Å². The molecule has 3 N–H and O–H groups in total. The van der Waals surface area contributed by atoms with E-state index < -0.39 is 0 Å². The fourth-order valence-corrected chi connectivity index (χ4v) is 2.45. The summed E-state index contributed by atoms with van der Waals surface area (Å²) in [6.45, 7) is 2.74. The van der Waals surface area contributed by atoms with Crippen molar-refractivity contribution in [3.8, 4) is 11.8 Å². The van der Waals surface area contributed by atoms with Crippen molar-refractivity contribution in [2.75, 3.05) is 6.54 Å². The minimum Gasteiger partial charge on any atom is -0.347 e. The molecule has 4 nitrogen and oxygen atoms in total. The molecule has 0 radical (unpaired) electrons. The van der Waals surface area contributed by atoms with E-state index >= 15 is 0 Å². The Balaban J connectivity index is 2.06. The van der Waals surface area contributed by atoms with Gasteiger partial charge in [0.25, 0.3) is 5.91 Å². The van der Waals surface area contributed by atoms with Gasteiger partial charge in [-0.25, -0.2) is 0 Å². The highest BCUT2D eigenvalue weighted by Gasteiger charge is 2.11. The van der Waals surface area contributed by atoms with E-state index in [2.05, 4.69) is 22.1 Å². The Morgan fingerprint density at radius 3 is 3.10 bits per heavy atom. The van der Waals surface area contributed by atoms with E-state index in [1.807, 2.05) is 24.4 Å². The van der Waals surface area contributed by atoms with Gasteiger partial charge in [-0.3, -0.25) is 9.78 Å². The molecule has 0 fully saturated rings. The zero-order chi connectivity index (χ0) is 14.4. The molecule has 1 amide bonds. The van der Waals surface area contributed by atoms with Crippen LogP contribution in [0.5, 0.6) is 0 Å². The summed E-state index contributed by atoms with van der Waals surface area (Å²) in [5.41, 5.74) is 8.18. The topological polar surface area (TPSA) is 68.0 Å². The van der Waals surface area contributed by atoms with Crippen molar-refractivity contribution in [1.82, 2.24) is 10.3 Å². The lowest BCUT2D eigenvalue weighted by atomic mass is 10.1. The summed E-state index contributed by atoms with van der Waals surface area (Å²) in [7, 11) is 0. The van der Waals surface area contributed by atoms with Crippen LogP contribution in [0.3, 0.4) is 0 Å². The minimum atomic E-state index is -0.113. The zero-order valence-electron chi connectivity index (χ0n) is 11.1. The third kappa shape index (κ3) is 3.44. The summed E-state index contributed by atoms with van der Waals surface area (Å²) < 4.78 is 0. The van der Waals surface area contributed by atoms with Gasteiger partial charge in [0.15, 0.2) is 0 Å². The third-order valence-corrected chi connectivity index (χ3v) is 3.69. The van der Waals surface area contributed by atoms with Crippen molar-refractivity contribution in [2.24, 2.45) is 5.73 Å². The molecule has 2 aromatic heterocycles. The highest BCUT2D eigenvalue weighted by molar-refractivity contribution is 7.12. The van der Waals surface area contributed by atoms with Gasteiger partial charge in [-0.05, 0) is 35.6 Å². The number of carbonyl (C=O) groups is 1. The smallest absolute Gasteiger partial charge is 0.262 e. The Morgan fingerprint density at radius 1 is 1.50 bits per heavy atom. The predicted octanol–water partition coefficient (Wildman–Crippen LogP) is 1.69. The number of thiophene rings is 1. The molecule has 20 heavy (non-hydrogen) atoms. The Labute approximate surface area is 122 Å². The van der Waals surface area contributed by atoms with Crippen LogP contribution in [-0.2, 0) is 6.54 Å². The van der Waals surface area contributed by atoms with Crippen LogP contribution < -0.4 is 11.1 Å². The Bertz CT molecular complexity index is 667. The molecule has 0 spiro atoms. The highest BCUT2D eigenvalue weighted by atomic mass is 32.1. The largest absolute Gasteiger partial charge is 0.347 e. The molecule has 0 aromatic carbocycles. The van der Waals surface area contributed by atoms with Gasteiger partial charge in [0.2, 0.25) is 0 Å². The normalized spacial score (nSPS) is 9.70. The summed E-state index contributed by atoms with van der Waals surface area (Å²) in [4.78, 5) is 16.8. The molecule has 2 heterocycles. The standard InChI is InChI=1S/C15H15N3OS/c1-11-9-17-7-4-13(11)10-18-15(19)14-12(3-2-6-16)5-8-20-14/h4-5,7-9H,6,10,16H2,1H3,(H,18,19). The highest BCUT2D eigenvalue weighted by Crippen LogP contribution is 2.16. The molecule has 0 atom stereocenters. The van der Waals surface area contributed by atoms with Gasteiger partial charge in [0, 0.05) is 24.5 Å². The average Bonchev–Trinajstić information content (AvgIpc) is 2.92. The fraction of sp³-hybridized carbons (Fsp3) is 0.200. The van der Waals surface area contributed by atoms with Crippen LogP contribution in [0.1, 0.15) is 26.4 Å². The molecule has 0 aliphatic rings. The number of rotatable bonds is 3. The van der Waals surface area contributed by atoms with E-state index in [1.165, 1.54) is 11.3 Å². The van der Waals surface area contributed by atoms with Crippen LogP contribution >= 0.6 is 11.3 Å². The maximum absolute atomic E-state index is 12.2. The van der Waals surface area contributed by atoms with Gasteiger partial charge in [0.1, 0.15) is 4.88 Å². The molecular weight excluding hydrogens is 270 g/mol. The number of aryl methyl sites for hydroxylation is 1. The van der Waals surface area contributed by atoms with Gasteiger partial charge >= 0.3 is 0 Å². The Hall–Kier alpha value is -2.16. The van der Waals surface area contributed by atoms with Crippen LogP contribution in [0, 0.1) is 18.8 Å². The number of carbonyl (C=O) groups excluding carboxylic acids is 1. The third-order valence-electron chi connectivity index (χ3n) is 2.77. The molecule has 0 bridgehead atoms. The molecule has 0 aliphatic heterocycles. The van der Waals surface area contributed by atoms with Crippen molar-refractivity contribution in [1.29, 1.82) is 0 Å². The van der Waals surface area contributed by atoms with Gasteiger partial charge in [-0.15, -0.1) is 11.3 Å². The zero-order valence-corrected chi connectivity index (χ0v) is 12.0. The molecule has 0 unspecified atom stereocenters. The molecule has 102 valence electrons. The summed E-state index contributed by atoms with van der Waals surface area (Å²) in [6, 6.07) is 3.74. The maximum atomic E-state index is 12.2. The SMILES string of the molecule is Cc1cnccc1CNC(=O)c1sccc1C#CCN. The van der Waals surface area contributed by atoms with Crippen molar-refractivity contribution in [3.05, 3.63) is 51.5 Å². The lowest BCUT2D eigenvalue weighted by Crippen LogP contribution is -2.23. The Morgan fingerprint density at radius 2 is 2.35 bits per heavy atom. The lowest BCUT2D eigenvalue weighted by molar-refractivity contribution is 0.0954. The summed E-state index contributed by atoms with van der Waals surface area (Å²) in [5, 5.41) is 4.76. The van der Waals surface area contributed by atoms with Crippen LogP contribution in [0.25, 0.3) is 0 Å². The number of nitrogens with zero attached hydrogens (tertiary/aromatic N) is 1. The lowest BCUT2D eigenvalue weighted by Gasteiger charge is -2.06. The number of aromatic nitrogens is 1. The number of hydrogen-bond donors (Lipinski definition) is 2. The average molecular weight is 285 g/mol. The number of amides is 1. The molecule has 0 saturated carbocycles. The number of pyridine rings is 1. The van der Waals surface area contributed by atoms with Crippen molar-refractivity contribution in [3.63, 3.8) is 0 Å². The van der Waals surface area contributed by atoms with E-state index in [0.29, 0.717) is 11.4 Å². The van der Waals surface area contributed by atoms with Gasteiger partial charge in [0.05, 0.1) is 6.54 Å². The first kappa shape index (κ1) is 14.3. The second-order valence-electron chi connectivity index (χ2n) is 4.15. The van der Waals surface area contributed by atoms with E-state index in [9.17, 15) is 4.79 Å². The van der Waals surface area contributed by atoms with Gasteiger partial charge in [-0.1, -0.05) is 11.8 Å². The van der Waals surface area contributed by atoms with E-state index in [-0.39, 0.29) is 12.5 Å². The molecule has 0 saturated heterocycles. The van der Waals surface area contributed by atoms with E-state index in [1.54, 1.807) is 12.4 Å². The molecule has 2 rings (SSSR count). The van der Waals surface area contributed by atoms with Crippen LogP contribution in [0.4, 0.5) is 0 Å². The van der Waals surface area contributed by atoms with Crippen LogP contribution in [0.2, 0.25) is 0 Å². The summed E-state index contributed by atoms with van der Waals surface area (Å²) in [5.74, 6) is 5.56. The van der Waals surface area contributed by atoms with Crippen molar-refractivity contribution in [2.45, 2.75) is 13.5 Å². The second-order valence-corrected chi connectivity index (χ2v) is 5.07. The first-order valence-corrected chi connectivity index (χ1v) is 7.04. The molecule has 2 aromatic rings. The minimum absolute atomic E-state index is 0.113. The van der Waals surface area contributed by atoms with Gasteiger partial charge in [-0.2, -0.15) is 0 Å². The molecule has 5 heteroatoms. The number of hydrogen-bond acceptors (Lipinski definition) is 4. The first-order chi connectivity index (χ1) is 9.72. The van der Waals surface area contributed by atoms with Crippen LogP contribution in [0.15, 0.2) is 29.9 Å². The predicted molar refractivity (Wildman–Crippen MR) is 80.4 cm³/mol. The summed E-state index contributed by atoms with van der Waals surface area (Å²) >= 11 is 1.38. The van der Waals surface area contributed by atoms with Crippen molar-refractivity contribution < 1.29 is 4.79 Å². The van der Waals surface area contributed by atoms with Crippen molar-refractivity contribution >= 4 is 17.2 Å². The summed E-state index contributed by atoms with van der Waals surface area (Å²) in [6.07, 6.45) is 3.50. The Kier molecular flexibility index (Phi) is 4.88. The second kappa shape index (κ2) is 6.85. The maximum Gasteiger partial charge on any atom is 0.262 e. The fourth-order valence-electron chi connectivity index (χ4n) is 1.69. The number of nitrogens with two attached hydrogens (primary N) is 1. The number of nitrogens with one attached hydrogen (secondary N) is 1.